The second-order valence-electron chi connectivity index (χ2n) is 2.18. The van der Waals surface area contributed by atoms with Crippen LogP contribution in [-0.2, 0) is 0 Å². The van der Waals surface area contributed by atoms with E-state index < -0.39 is 37.3 Å². The maximum absolute atomic E-state index is 12.9. The van der Waals surface area contributed by atoms with Crippen LogP contribution in [0.3, 0.4) is 0 Å². The van der Waals surface area contributed by atoms with E-state index >= 15 is 0 Å². The van der Waals surface area contributed by atoms with Crippen molar-refractivity contribution < 1.29 is 13.7 Å². The molecule has 8 heteroatoms. The molecule has 0 unspecified atom stereocenters. The van der Waals surface area contributed by atoms with Gasteiger partial charge in [-0.1, -0.05) is 34.8 Å². The number of nitrogens with zero attached hydrogens (tertiary/aromatic N) is 1. The predicted octanol–water partition coefficient (Wildman–Crippen LogP) is 3.83. The lowest BCUT2D eigenvalue weighted by molar-refractivity contribution is -0.384. The summed E-state index contributed by atoms with van der Waals surface area (Å²) < 4.78 is 25.9. The summed E-state index contributed by atoms with van der Waals surface area (Å²) in [7, 11) is 0. The molecule has 0 aliphatic carbocycles. The first kappa shape index (κ1) is 11.4. The van der Waals surface area contributed by atoms with Crippen molar-refractivity contribution in [3.05, 3.63) is 36.8 Å². The third-order valence-corrected chi connectivity index (χ3v) is 2.39. The molecule has 1 aromatic rings. The number of hydrogen-bond donors (Lipinski definition) is 0. The van der Waals surface area contributed by atoms with Crippen LogP contribution in [0.4, 0.5) is 14.5 Å². The zero-order valence-electron chi connectivity index (χ0n) is 6.15. The lowest BCUT2D eigenvalue weighted by Crippen LogP contribution is -1.97. The number of nitro groups is 1. The first-order chi connectivity index (χ1) is 6.37. The fraction of sp³-hybridized carbons (Fsp3) is 0. The predicted molar refractivity (Wildman–Crippen MR) is 48.0 cm³/mol. The molecule has 0 saturated heterocycles. The van der Waals surface area contributed by atoms with E-state index in [-0.39, 0.29) is 0 Å². The SMILES string of the molecule is O=[N+]([O-])c1c(Cl)c(F)c(Cl)c(F)c1Cl. The molecule has 0 radical (unpaired) electrons. The molecule has 0 aliphatic heterocycles. The van der Waals surface area contributed by atoms with Gasteiger partial charge in [-0.25, -0.2) is 8.78 Å². The fourth-order valence-electron chi connectivity index (χ4n) is 0.754. The van der Waals surface area contributed by atoms with E-state index in [1.165, 1.54) is 0 Å². The van der Waals surface area contributed by atoms with Gasteiger partial charge in [0, 0.05) is 0 Å². The largest absolute Gasteiger partial charge is 0.312 e. The van der Waals surface area contributed by atoms with Gasteiger partial charge in [-0.15, -0.1) is 0 Å². The van der Waals surface area contributed by atoms with Crippen molar-refractivity contribution in [1.82, 2.24) is 0 Å². The summed E-state index contributed by atoms with van der Waals surface area (Å²) >= 11 is 15.6. The van der Waals surface area contributed by atoms with Gasteiger partial charge in [0.15, 0.2) is 21.7 Å². The van der Waals surface area contributed by atoms with Crippen LogP contribution in [0, 0.1) is 21.7 Å². The van der Waals surface area contributed by atoms with Crippen molar-refractivity contribution in [3.8, 4) is 0 Å². The lowest BCUT2D eigenvalue weighted by Gasteiger charge is -2.03. The average Bonchev–Trinajstić information content (AvgIpc) is 2.11. The normalized spacial score (nSPS) is 10.4. The molecule has 14 heavy (non-hydrogen) atoms. The molecule has 76 valence electrons. The molecule has 0 aliphatic rings. The van der Waals surface area contributed by atoms with Crippen molar-refractivity contribution >= 4 is 40.5 Å². The molecule has 1 rings (SSSR count). The van der Waals surface area contributed by atoms with Crippen molar-refractivity contribution in [1.29, 1.82) is 0 Å². The number of nitro benzene ring substituents is 1. The second-order valence-corrected chi connectivity index (χ2v) is 3.31. The van der Waals surface area contributed by atoms with E-state index in [9.17, 15) is 18.9 Å². The molecule has 3 nitrogen and oxygen atoms in total. The summed E-state index contributed by atoms with van der Waals surface area (Å²) in [6, 6.07) is 0. The maximum Gasteiger partial charge on any atom is 0.312 e. The van der Waals surface area contributed by atoms with Crippen LogP contribution in [0.2, 0.25) is 15.1 Å². The van der Waals surface area contributed by atoms with Gasteiger partial charge in [0.05, 0.1) is 4.92 Å². The smallest absolute Gasteiger partial charge is 0.258 e. The van der Waals surface area contributed by atoms with Gasteiger partial charge < -0.3 is 0 Å². The lowest BCUT2D eigenvalue weighted by atomic mass is 10.3. The zero-order valence-corrected chi connectivity index (χ0v) is 8.42. The monoisotopic (exact) mass is 261 g/mol. The van der Waals surface area contributed by atoms with Gasteiger partial charge in [-0.3, -0.25) is 10.1 Å². The molecule has 0 aromatic heterocycles. The molecule has 0 amide bonds. The van der Waals surface area contributed by atoms with E-state index in [0.717, 1.165) is 0 Å². The highest BCUT2D eigenvalue weighted by atomic mass is 35.5. The van der Waals surface area contributed by atoms with Crippen LogP contribution in [-0.4, -0.2) is 4.92 Å². The molecule has 0 bridgehead atoms. The van der Waals surface area contributed by atoms with E-state index in [4.69, 9.17) is 34.8 Å². The zero-order chi connectivity index (χ0) is 11.0. The second kappa shape index (κ2) is 3.84. The third kappa shape index (κ3) is 1.63. The first-order valence-corrected chi connectivity index (χ1v) is 4.17. The molecule has 0 spiro atoms. The Balaban J connectivity index is 3.68. The van der Waals surface area contributed by atoms with Gasteiger partial charge in [0.2, 0.25) is 0 Å². The number of hydrogen-bond acceptors (Lipinski definition) is 2. The maximum atomic E-state index is 12.9. The fourth-order valence-corrected chi connectivity index (χ4v) is 1.60. The van der Waals surface area contributed by atoms with Crippen LogP contribution in [0.25, 0.3) is 0 Å². The minimum Gasteiger partial charge on any atom is -0.258 e. The Morgan fingerprint density at radius 3 is 1.64 bits per heavy atom. The van der Waals surface area contributed by atoms with E-state index in [2.05, 4.69) is 0 Å². The molecule has 0 N–H and O–H groups in total. The van der Waals surface area contributed by atoms with Crippen LogP contribution >= 0.6 is 34.8 Å². The Labute approximate surface area is 91.3 Å². The molecule has 1 aromatic carbocycles. The van der Waals surface area contributed by atoms with Crippen LogP contribution in [0.15, 0.2) is 0 Å². The van der Waals surface area contributed by atoms with Crippen molar-refractivity contribution in [2.75, 3.05) is 0 Å². The summed E-state index contributed by atoms with van der Waals surface area (Å²) in [5.41, 5.74) is -1.03. The van der Waals surface area contributed by atoms with Crippen molar-refractivity contribution in [2.24, 2.45) is 0 Å². The van der Waals surface area contributed by atoms with Gasteiger partial charge >= 0.3 is 5.69 Å². The van der Waals surface area contributed by atoms with Gasteiger partial charge in [0.25, 0.3) is 0 Å². The molecular formula is C6Cl3F2NO2. The Kier molecular flexibility index (Phi) is 3.14. The number of benzene rings is 1. The quantitative estimate of drug-likeness (QED) is 0.334. The highest BCUT2D eigenvalue weighted by Crippen LogP contribution is 2.40. The standard InChI is InChI=1S/C6Cl3F2NO2/c7-1-4(10)2(8)6(12(13)14)3(9)5(1)11. The Hall–Kier alpha value is -0.650. The minimum absolute atomic E-state index is 0.911. The van der Waals surface area contributed by atoms with Gasteiger partial charge in [-0.2, -0.15) is 0 Å². The topological polar surface area (TPSA) is 43.1 Å². The molecule has 0 atom stereocenters. The van der Waals surface area contributed by atoms with E-state index in [1.54, 1.807) is 0 Å². The molecule has 0 heterocycles. The molecule has 0 fully saturated rings. The Bertz CT molecular complexity index is 395. The highest BCUT2D eigenvalue weighted by Gasteiger charge is 2.29. The summed E-state index contributed by atoms with van der Waals surface area (Å²) in [6.45, 7) is 0. The molecular weight excluding hydrogens is 262 g/mol. The van der Waals surface area contributed by atoms with E-state index in [1.807, 2.05) is 0 Å². The van der Waals surface area contributed by atoms with Crippen LogP contribution < -0.4 is 0 Å². The van der Waals surface area contributed by atoms with Crippen LogP contribution in [0.1, 0.15) is 0 Å². The summed E-state index contributed by atoms with van der Waals surface area (Å²) in [4.78, 5) is 9.23. The molecule has 0 saturated carbocycles. The van der Waals surface area contributed by atoms with Crippen molar-refractivity contribution in [3.63, 3.8) is 0 Å². The number of rotatable bonds is 1. The van der Waals surface area contributed by atoms with Crippen molar-refractivity contribution in [2.45, 2.75) is 0 Å². The van der Waals surface area contributed by atoms with E-state index in [0.29, 0.717) is 0 Å². The summed E-state index contributed by atoms with van der Waals surface area (Å²) in [5, 5.41) is 7.53. The Morgan fingerprint density at radius 2 is 1.36 bits per heavy atom. The van der Waals surface area contributed by atoms with Crippen LogP contribution in [0.5, 0.6) is 0 Å². The van der Waals surface area contributed by atoms with Gasteiger partial charge in [0.1, 0.15) is 5.02 Å². The third-order valence-electron chi connectivity index (χ3n) is 1.37. The minimum atomic E-state index is -1.40. The summed E-state index contributed by atoms with van der Waals surface area (Å²) in [6.07, 6.45) is 0. The Morgan fingerprint density at radius 1 is 1.00 bits per heavy atom. The number of halogens is 5. The average molecular weight is 262 g/mol. The summed E-state index contributed by atoms with van der Waals surface area (Å²) in [5.74, 6) is -2.80. The highest BCUT2D eigenvalue weighted by molar-refractivity contribution is 6.41. The van der Waals surface area contributed by atoms with Gasteiger partial charge in [-0.05, 0) is 0 Å². The first-order valence-electron chi connectivity index (χ1n) is 3.03.